The third-order valence-corrected chi connectivity index (χ3v) is 3.38. The number of carboxylic acid groups (broad SMARTS) is 1. The first-order valence-electron chi connectivity index (χ1n) is 7.50. The van der Waals surface area contributed by atoms with Gasteiger partial charge in [-0.3, -0.25) is 0 Å². The van der Waals surface area contributed by atoms with Gasteiger partial charge >= 0.3 is 5.97 Å². The van der Waals surface area contributed by atoms with Crippen LogP contribution in [0.1, 0.15) is 54.7 Å². The Morgan fingerprint density at radius 1 is 1.19 bits per heavy atom. The zero-order valence-corrected chi connectivity index (χ0v) is 13.1. The van der Waals surface area contributed by atoms with Crippen molar-refractivity contribution in [2.45, 2.75) is 46.0 Å². The van der Waals surface area contributed by atoms with E-state index in [0.29, 0.717) is 25.2 Å². The SMILES string of the molecule is CCc1nnc(NCCCCCOC)c(C(=O)O)c1CC. The number of hydrogen-bond acceptors (Lipinski definition) is 5. The molecule has 0 atom stereocenters. The molecular formula is C15H25N3O3. The smallest absolute Gasteiger partial charge is 0.339 e. The molecule has 0 saturated carbocycles. The Kier molecular flexibility index (Phi) is 7.68. The number of methoxy groups -OCH3 is 1. The van der Waals surface area contributed by atoms with Crippen LogP contribution < -0.4 is 5.32 Å². The molecule has 0 aliphatic rings. The highest BCUT2D eigenvalue weighted by Gasteiger charge is 2.19. The van der Waals surface area contributed by atoms with E-state index in [1.54, 1.807) is 7.11 Å². The van der Waals surface area contributed by atoms with E-state index in [0.717, 1.165) is 37.1 Å². The lowest BCUT2D eigenvalue weighted by atomic mass is 10.0. The summed E-state index contributed by atoms with van der Waals surface area (Å²) in [7, 11) is 1.69. The monoisotopic (exact) mass is 295 g/mol. The second-order valence-corrected chi connectivity index (χ2v) is 4.84. The number of nitrogens with one attached hydrogen (secondary N) is 1. The summed E-state index contributed by atoms with van der Waals surface area (Å²) in [5, 5.41) is 20.7. The summed E-state index contributed by atoms with van der Waals surface area (Å²) in [5.74, 6) is -0.568. The molecule has 6 heteroatoms. The lowest BCUT2D eigenvalue weighted by Crippen LogP contribution is -2.15. The van der Waals surface area contributed by atoms with Crippen molar-refractivity contribution in [1.82, 2.24) is 10.2 Å². The molecule has 0 spiro atoms. The number of carboxylic acids is 1. The van der Waals surface area contributed by atoms with Crippen LogP contribution in [-0.4, -0.2) is 41.5 Å². The fourth-order valence-corrected chi connectivity index (χ4v) is 2.28. The standard InChI is InChI=1S/C15H25N3O3/c1-4-11-12(5-2)17-18-14(13(11)15(19)20)16-9-7-6-8-10-21-3/h4-10H2,1-3H3,(H,16,18)(H,19,20). The fourth-order valence-electron chi connectivity index (χ4n) is 2.28. The molecule has 1 heterocycles. The maximum absolute atomic E-state index is 11.5. The van der Waals surface area contributed by atoms with Crippen molar-refractivity contribution in [1.29, 1.82) is 0 Å². The minimum absolute atomic E-state index is 0.265. The number of rotatable bonds is 10. The third kappa shape index (κ3) is 4.97. The highest BCUT2D eigenvalue weighted by atomic mass is 16.5. The molecule has 21 heavy (non-hydrogen) atoms. The summed E-state index contributed by atoms with van der Waals surface area (Å²) < 4.78 is 4.99. The Morgan fingerprint density at radius 3 is 2.52 bits per heavy atom. The van der Waals surface area contributed by atoms with Crippen LogP contribution in [0, 0.1) is 0 Å². The number of ether oxygens (including phenoxy) is 1. The van der Waals surface area contributed by atoms with Crippen molar-refractivity contribution in [3.63, 3.8) is 0 Å². The van der Waals surface area contributed by atoms with Gasteiger partial charge in [0.15, 0.2) is 5.82 Å². The first-order chi connectivity index (χ1) is 10.2. The fraction of sp³-hybridized carbons (Fsp3) is 0.667. The topological polar surface area (TPSA) is 84.3 Å². The molecule has 118 valence electrons. The van der Waals surface area contributed by atoms with Gasteiger partial charge in [0.1, 0.15) is 5.56 Å². The number of unbranched alkanes of at least 4 members (excludes halogenated alkanes) is 2. The van der Waals surface area contributed by atoms with Crippen molar-refractivity contribution < 1.29 is 14.6 Å². The summed E-state index contributed by atoms with van der Waals surface area (Å²) >= 11 is 0. The van der Waals surface area contributed by atoms with Crippen LogP contribution in [0.5, 0.6) is 0 Å². The predicted octanol–water partition coefficient (Wildman–Crippen LogP) is 2.53. The summed E-state index contributed by atoms with van der Waals surface area (Å²) in [4.78, 5) is 11.5. The Bertz CT molecular complexity index is 464. The number of anilines is 1. The molecule has 1 aromatic rings. The largest absolute Gasteiger partial charge is 0.478 e. The normalized spacial score (nSPS) is 10.6. The number of hydrogen-bond donors (Lipinski definition) is 2. The van der Waals surface area contributed by atoms with E-state index < -0.39 is 5.97 Å². The van der Waals surface area contributed by atoms with Crippen LogP contribution in [0.4, 0.5) is 5.82 Å². The van der Waals surface area contributed by atoms with Crippen LogP contribution in [0.25, 0.3) is 0 Å². The lowest BCUT2D eigenvalue weighted by molar-refractivity contribution is 0.0696. The van der Waals surface area contributed by atoms with E-state index in [-0.39, 0.29) is 5.56 Å². The second kappa shape index (κ2) is 9.28. The molecule has 0 bridgehead atoms. The van der Waals surface area contributed by atoms with Crippen molar-refractivity contribution in [2.75, 3.05) is 25.6 Å². The molecule has 1 rings (SSSR count). The Morgan fingerprint density at radius 2 is 1.95 bits per heavy atom. The van der Waals surface area contributed by atoms with E-state index >= 15 is 0 Å². The van der Waals surface area contributed by atoms with Crippen LogP contribution in [0.3, 0.4) is 0 Å². The summed E-state index contributed by atoms with van der Waals surface area (Å²) in [6.45, 7) is 5.34. The third-order valence-electron chi connectivity index (χ3n) is 3.38. The number of aromatic carboxylic acids is 1. The van der Waals surface area contributed by atoms with E-state index in [9.17, 15) is 9.90 Å². The molecule has 2 N–H and O–H groups in total. The molecule has 0 saturated heterocycles. The Labute approximate surface area is 125 Å². The second-order valence-electron chi connectivity index (χ2n) is 4.84. The molecule has 0 fully saturated rings. The zero-order valence-electron chi connectivity index (χ0n) is 13.1. The molecule has 0 unspecified atom stereocenters. The van der Waals surface area contributed by atoms with Gasteiger partial charge in [-0.05, 0) is 37.7 Å². The van der Waals surface area contributed by atoms with Gasteiger partial charge in [0.2, 0.25) is 0 Å². The maximum atomic E-state index is 11.5. The minimum Gasteiger partial charge on any atom is -0.478 e. The quantitative estimate of drug-likeness (QED) is 0.645. The lowest BCUT2D eigenvalue weighted by Gasteiger charge is -2.13. The Balaban J connectivity index is 2.75. The summed E-state index contributed by atoms with van der Waals surface area (Å²) in [5.41, 5.74) is 1.81. The van der Waals surface area contributed by atoms with Crippen LogP contribution in [0.15, 0.2) is 0 Å². The minimum atomic E-state index is -0.946. The van der Waals surface area contributed by atoms with Crippen LogP contribution in [0.2, 0.25) is 0 Å². The first kappa shape index (κ1) is 17.4. The average Bonchev–Trinajstić information content (AvgIpc) is 2.49. The highest BCUT2D eigenvalue weighted by Crippen LogP contribution is 2.21. The van der Waals surface area contributed by atoms with Crippen molar-refractivity contribution >= 4 is 11.8 Å². The van der Waals surface area contributed by atoms with Gasteiger partial charge in [0.05, 0.1) is 5.69 Å². The van der Waals surface area contributed by atoms with Gasteiger partial charge in [0, 0.05) is 20.3 Å². The van der Waals surface area contributed by atoms with Crippen LogP contribution in [-0.2, 0) is 17.6 Å². The van der Waals surface area contributed by atoms with Gasteiger partial charge in [-0.15, -0.1) is 5.10 Å². The Hall–Kier alpha value is -1.69. The molecular weight excluding hydrogens is 270 g/mol. The maximum Gasteiger partial charge on any atom is 0.339 e. The van der Waals surface area contributed by atoms with Gasteiger partial charge in [-0.2, -0.15) is 5.10 Å². The predicted molar refractivity (Wildman–Crippen MR) is 82.0 cm³/mol. The highest BCUT2D eigenvalue weighted by molar-refractivity contribution is 5.95. The zero-order chi connectivity index (χ0) is 15.7. The van der Waals surface area contributed by atoms with E-state index in [1.807, 2.05) is 13.8 Å². The van der Waals surface area contributed by atoms with Crippen molar-refractivity contribution in [3.8, 4) is 0 Å². The van der Waals surface area contributed by atoms with E-state index in [2.05, 4.69) is 15.5 Å². The van der Waals surface area contributed by atoms with Gasteiger partial charge in [0.25, 0.3) is 0 Å². The summed E-state index contributed by atoms with van der Waals surface area (Å²) in [6.07, 6.45) is 4.31. The average molecular weight is 295 g/mol. The molecule has 0 radical (unpaired) electrons. The molecule has 0 aliphatic heterocycles. The molecule has 1 aromatic heterocycles. The number of aryl methyl sites for hydroxylation is 1. The molecule has 0 aliphatic carbocycles. The van der Waals surface area contributed by atoms with Crippen LogP contribution >= 0.6 is 0 Å². The first-order valence-corrected chi connectivity index (χ1v) is 7.50. The molecule has 0 aromatic carbocycles. The molecule has 0 amide bonds. The van der Waals surface area contributed by atoms with Crippen molar-refractivity contribution in [2.24, 2.45) is 0 Å². The number of aromatic nitrogens is 2. The van der Waals surface area contributed by atoms with Gasteiger partial charge in [-0.25, -0.2) is 4.79 Å². The number of carbonyl (C=O) groups is 1. The van der Waals surface area contributed by atoms with Gasteiger partial charge < -0.3 is 15.2 Å². The number of nitrogens with zero attached hydrogens (tertiary/aromatic N) is 2. The van der Waals surface area contributed by atoms with E-state index in [1.165, 1.54) is 0 Å². The summed E-state index contributed by atoms with van der Waals surface area (Å²) in [6, 6.07) is 0. The van der Waals surface area contributed by atoms with Crippen molar-refractivity contribution in [3.05, 3.63) is 16.8 Å². The molecule has 6 nitrogen and oxygen atoms in total. The van der Waals surface area contributed by atoms with Gasteiger partial charge in [-0.1, -0.05) is 13.8 Å². The van der Waals surface area contributed by atoms with E-state index in [4.69, 9.17) is 4.74 Å².